The van der Waals surface area contributed by atoms with Crippen molar-refractivity contribution >= 4 is 16.2 Å². The number of aliphatic hydroxyl groups excluding tert-OH is 1. The first-order chi connectivity index (χ1) is 10.0. The summed E-state index contributed by atoms with van der Waals surface area (Å²) in [5.74, 6) is -0.707. The van der Waals surface area contributed by atoms with Gasteiger partial charge in [0.25, 0.3) is 10.2 Å². The van der Waals surface area contributed by atoms with E-state index < -0.39 is 10.2 Å². The standard InChI is InChI=1S/C13H24N2O5S/c1-2-20-13(17)11-5-3-7-14(9-11)21(18,19)15-8-4-6-12(15)10-16/h11-12,16H,2-10H2,1H3/t11?,12-/m0/s1. The maximum Gasteiger partial charge on any atom is 0.310 e. The van der Waals surface area contributed by atoms with Crippen molar-refractivity contribution < 1.29 is 23.1 Å². The van der Waals surface area contributed by atoms with Gasteiger partial charge in [0.15, 0.2) is 0 Å². The van der Waals surface area contributed by atoms with E-state index in [0.717, 1.165) is 6.42 Å². The minimum atomic E-state index is -3.61. The molecular formula is C13H24N2O5S. The van der Waals surface area contributed by atoms with E-state index in [-0.39, 0.29) is 31.1 Å². The van der Waals surface area contributed by atoms with Crippen molar-refractivity contribution in [1.29, 1.82) is 0 Å². The van der Waals surface area contributed by atoms with Gasteiger partial charge in [-0.15, -0.1) is 0 Å². The van der Waals surface area contributed by atoms with Crippen molar-refractivity contribution in [3.63, 3.8) is 0 Å². The Morgan fingerprint density at radius 1 is 1.29 bits per heavy atom. The molecule has 0 amide bonds. The van der Waals surface area contributed by atoms with Crippen molar-refractivity contribution in [2.45, 2.75) is 38.6 Å². The Balaban J connectivity index is 2.07. The summed E-state index contributed by atoms with van der Waals surface area (Å²) in [6, 6.07) is -0.335. The van der Waals surface area contributed by atoms with E-state index in [2.05, 4.69) is 0 Å². The molecule has 1 N–H and O–H groups in total. The van der Waals surface area contributed by atoms with Crippen LogP contribution < -0.4 is 0 Å². The van der Waals surface area contributed by atoms with Gasteiger partial charge in [0, 0.05) is 25.7 Å². The minimum Gasteiger partial charge on any atom is -0.466 e. The van der Waals surface area contributed by atoms with Crippen molar-refractivity contribution in [2.24, 2.45) is 5.92 Å². The quantitative estimate of drug-likeness (QED) is 0.719. The predicted molar refractivity (Wildman–Crippen MR) is 76.7 cm³/mol. The summed E-state index contributed by atoms with van der Waals surface area (Å²) < 4.78 is 33.1. The molecule has 2 heterocycles. The molecule has 0 saturated carbocycles. The molecule has 0 aliphatic carbocycles. The average Bonchev–Trinajstić information content (AvgIpc) is 2.97. The van der Waals surface area contributed by atoms with Crippen molar-refractivity contribution in [1.82, 2.24) is 8.61 Å². The van der Waals surface area contributed by atoms with E-state index in [4.69, 9.17) is 4.74 Å². The second-order valence-electron chi connectivity index (χ2n) is 5.55. The summed E-state index contributed by atoms with van der Waals surface area (Å²) in [5.41, 5.74) is 0. The molecule has 21 heavy (non-hydrogen) atoms. The third-order valence-corrected chi connectivity index (χ3v) is 6.22. The lowest BCUT2D eigenvalue weighted by Crippen LogP contribution is -2.51. The van der Waals surface area contributed by atoms with E-state index in [1.165, 1.54) is 8.61 Å². The van der Waals surface area contributed by atoms with Gasteiger partial charge in [0.2, 0.25) is 0 Å². The van der Waals surface area contributed by atoms with E-state index in [1.54, 1.807) is 6.92 Å². The van der Waals surface area contributed by atoms with Crippen LogP contribution in [0.25, 0.3) is 0 Å². The van der Waals surface area contributed by atoms with E-state index in [0.29, 0.717) is 39.0 Å². The highest BCUT2D eigenvalue weighted by Gasteiger charge is 2.40. The lowest BCUT2D eigenvalue weighted by Gasteiger charge is -2.35. The summed E-state index contributed by atoms with van der Waals surface area (Å²) in [6.07, 6.45) is 2.76. The van der Waals surface area contributed by atoms with Gasteiger partial charge in [0.1, 0.15) is 0 Å². The molecule has 7 nitrogen and oxygen atoms in total. The normalized spacial score (nSPS) is 28.7. The smallest absolute Gasteiger partial charge is 0.310 e. The molecule has 2 saturated heterocycles. The van der Waals surface area contributed by atoms with Gasteiger partial charge in [-0.3, -0.25) is 4.79 Å². The molecule has 0 spiro atoms. The molecule has 0 bridgehead atoms. The summed E-state index contributed by atoms with van der Waals surface area (Å²) >= 11 is 0. The number of hydrogen-bond donors (Lipinski definition) is 1. The van der Waals surface area contributed by atoms with E-state index >= 15 is 0 Å². The van der Waals surface area contributed by atoms with Crippen LogP contribution in [-0.2, 0) is 19.7 Å². The first kappa shape index (κ1) is 16.7. The fourth-order valence-electron chi connectivity index (χ4n) is 3.05. The predicted octanol–water partition coefficient (Wildman–Crippen LogP) is -0.0370. The Labute approximate surface area is 126 Å². The Morgan fingerprint density at radius 2 is 2.00 bits per heavy atom. The molecule has 1 unspecified atom stereocenters. The average molecular weight is 320 g/mol. The second kappa shape index (κ2) is 7.04. The molecule has 122 valence electrons. The number of rotatable bonds is 5. The molecule has 2 fully saturated rings. The van der Waals surface area contributed by atoms with Gasteiger partial charge < -0.3 is 9.84 Å². The summed E-state index contributed by atoms with van der Waals surface area (Å²) in [4.78, 5) is 11.8. The highest BCUT2D eigenvalue weighted by Crippen LogP contribution is 2.27. The zero-order chi connectivity index (χ0) is 15.5. The fourth-order valence-corrected chi connectivity index (χ4v) is 4.98. The monoisotopic (exact) mass is 320 g/mol. The number of carbonyl (C=O) groups is 1. The van der Waals surface area contributed by atoms with Gasteiger partial charge in [-0.25, -0.2) is 0 Å². The summed E-state index contributed by atoms with van der Waals surface area (Å²) in [6.45, 7) is 2.93. The lowest BCUT2D eigenvalue weighted by molar-refractivity contribution is -0.149. The van der Waals surface area contributed by atoms with Crippen LogP contribution in [0.4, 0.5) is 0 Å². The summed E-state index contributed by atoms with van der Waals surface area (Å²) in [7, 11) is -3.61. The number of piperidine rings is 1. The Morgan fingerprint density at radius 3 is 2.67 bits per heavy atom. The van der Waals surface area contributed by atoms with Gasteiger partial charge in [-0.05, 0) is 32.6 Å². The highest BCUT2D eigenvalue weighted by molar-refractivity contribution is 7.86. The number of nitrogens with zero attached hydrogens (tertiary/aromatic N) is 2. The molecule has 0 aromatic heterocycles. The first-order valence-electron chi connectivity index (χ1n) is 7.55. The minimum absolute atomic E-state index is 0.158. The highest BCUT2D eigenvalue weighted by atomic mass is 32.2. The maximum absolute atomic E-state index is 12.7. The topological polar surface area (TPSA) is 87.2 Å². The molecule has 2 rings (SSSR count). The number of ether oxygens (including phenoxy) is 1. The Hall–Kier alpha value is -0.700. The van der Waals surface area contributed by atoms with Gasteiger partial charge >= 0.3 is 5.97 Å². The Bertz CT molecular complexity index is 467. The zero-order valence-corrected chi connectivity index (χ0v) is 13.2. The van der Waals surface area contributed by atoms with Gasteiger partial charge in [-0.1, -0.05) is 0 Å². The third kappa shape index (κ3) is 3.56. The van der Waals surface area contributed by atoms with Crippen LogP contribution in [0.2, 0.25) is 0 Å². The molecular weight excluding hydrogens is 296 g/mol. The molecule has 8 heteroatoms. The van der Waals surface area contributed by atoms with Gasteiger partial charge in [-0.2, -0.15) is 17.0 Å². The SMILES string of the molecule is CCOC(=O)C1CCCN(S(=O)(=O)N2CCC[C@H]2CO)C1. The van der Waals surface area contributed by atoms with Crippen LogP contribution >= 0.6 is 0 Å². The van der Waals surface area contributed by atoms with Crippen LogP contribution in [0.3, 0.4) is 0 Å². The second-order valence-corrected chi connectivity index (χ2v) is 7.43. The molecule has 2 aliphatic heterocycles. The number of aliphatic hydroxyl groups is 1. The molecule has 2 atom stereocenters. The van der Waals surface area contributed by atoms with E-state index in [9.17, 15) is 18.3 Å². The number of hydrogen-bond acceptors (Lipinski definition) is 5. The third-order valence-electron chi connectivity index (χ3n) is 4.16. The van der Waals surface area contributed by atoms with E-state index in [1.807, 2.05) is 0 Å². The molecule has 0 aromatic rings. The fraction of sp³-hybridized carbons (Fsp3) is 0.923. The van der Waals surface area contributed by atoms with Crippen LogP contribution in [0, 0.1) is 5.92 Å². The van der Waals surface area contributed by atoms with Crippen LogP contribution in [0.5, 0.6) is 0 Å². The molecule has 0 aromatic carbocycles. The van der Waals surface area contributed by atoms with Crippen molar-refractivity contribution in [3.05, 3.63) is 0 Å². The zero-order valence-electron chi connectivity index (χ0n) is 12.4. The van der Waals surface area contributed by atoms with Crippen molar-refractivity contribution in [2.75, 3.05) is 32.8 Å². The largest absolute Gasteiger partial charge is 0.466 e. The van der Waals surface area contributed by atoms with Crippen LogP contribution in [-0.4, -0.2) is 67.0 Å². The first-order valence-corrected chi connectivity index (χ1v) is 8.94. The molecule has 0 radical (unpaired) electrons. The Kier molecular flexibility index (Phi) is 5.59. The number of carbonyl (C=O) groups excluding carboxylic acids is 1. The lowest BCUT2D eigenvalue weighted by atomic mass is 10.0. The van der Waals surface area contributed by atoms with Gasteiger partial charge in [0.05, 0.1) is 19.1 Å². The number of esters is 1. The summed E-state index contributed by atoms with van der Waals surface area (Å²) in [5, 5.41) is 9.31. The maximum atomic E-state index is 12.7. The van der Waals surface area contributed by atoms with Crippen LogP contribution in [0.1, 0.15) is 32.6 Å². The van der Waals surface area contributed by atoms with Crippen molar-refractivity contribution in [3.8, 4) is 0 Å². The molecule has 2 aliphatic rings. The van der Waals surface area contributed by atoms with Crippen LogP contribution in [0.15, 0.2) is 0 Å².